The maximum atomic E-state index is 5.92. The molecule has 1 aliphatic rings. The predicted octanol–water partition coefficient (Wildman–Crippen LogP) is 2.96. The molecule has 0 saturated heterocycles. The molecule has 7 heteroatoms. The van der Waals surface area contributed by atoms with Crippen LogP contribution in [0, 0.1) is 0 Å². The van der Waals surface area contributed by atoms with Gasteiger partial charge in [0.2, 0.25) is 0 Å². The largest absolute Gasteiger partial charge is 0.450 e. The Bertz CT molecular complexity index is 1020. The maximum Gasteiger partial charge on any atom is 0.196 e. The summed E-state index contributed by atoms with van der Waals surface area (Å²) < 4.78 is 8.10. The summed E-state index contributed by atoms with van der Waals surface area (Å²) in [6, 6.07) is 8.48. The molecule has 120 valence electrons. The molecule has 24 heavy (non-hydrogen) atoms. The van der Waals surface area contributed by atoms with E-state index in [-0.39, 0.29) is 0 Å². The van der Waals surface area contributed by atoms with Crippen molar-refractivity contribution in [1.82, 2.24) is 24.7 Å². The zero-order chi connectivity index (χ0) is 15.9. The van der Waals surface area contributed by atoms with E-state index in [1.165, 1.54) is 12.8 Å². The molecule has 3 heterocycles. The van der Waals surface area contributed by atoms with Crippen molar-refractivity contribution in [1.29, 1.82) is 0 Å². The van der Waals surface area contributed by atoms with Crippen LogP contribution in [0.2, 0.25) is 0 Å². The molecule has 0 radical (unpaired) electrons. The van der Waals surface area contributed by atoms with Gasteiger partial charge in [0.25, 0.3) is 0 Å². The standard InChI is InChI=1S/C17H16N6O/c1-2-4-13-12(3-1)15-16(24-13)17(20-9-19-15)18-8-7-14-22-21-10-23(14)11-5-6-11/h1-4,9-11H,5-8H2,(H,18,19,20). The highest BCUT2D eigenvalue weighted by molar-refractivity contribution is 6.05. The molecular weight excluding hydrogens is 304 g/mol. The van der Waals surface area contributed by atoms with Crippen LogP contribution in [0.4, 0.5) is 5.82 Å². The molecule has 1 aliphatic carbocycles. The lowest BCUT2D eigenvalue weighted by Gasteiger charge is -2.06. The number of furan rings is 1. The number of hydrogen-bond donors (Lipinski definition) is 1. The molecule has 0 amide bonds. The average molecular weight is 320 g/mol. The fraction of sp³-hybridized carbons (Fsp3) is 0.294. The molecule has 0 aliphatic heterocycles. The Balaban J connectivity index is 1.39. The van der Waals surface area contributed by atoms with Gasteiger partial charge in [-0.3, -0.25) is 0 Å². The van der Waals surface area contributed by atoms with E-state index < -0.39 is 0 Å². The van der Waals surface area contributed by atoms with Crippen LogP contribution in [0.3, 0.4) is 0 Å². The summed E-state index contributed by atoms with van der Waals surface area (Å²) in [7, 11) is 0. The zero-order valence-electron chi connectivity index (χ0n) is 13.0. The lowest BCUT2D eigenvalue weighted by atomic mass is 10.2. The van der Waals surface area contributed by atoms with Crippen molar-refractivity contribution < 1.29 is 4.42 Å². The van der Waals surface area contributed by atoms with E-state index in [9.17, 15) is 0 Å². The van der Waals surface area contributed by atoms with E-state index in [1.807, 2.05) is 30.6 Å². The van der Waals surface area contributed by atoms with Gasteiger partial charge >= 0.3 is 0 Å². The lowest BCUT2D eigenvalue weighted by Crippen LogP contribution is -2.10. The molecule has 3 aromatic heterocycles. The predicted molar refractivity (Wildman–Crippen MR) is 89.8 cm³/mol. The number of fused-ring (bicyclic) bond motifs is 3. The monoisotopic (exact) mass is 320 g/mol. The van der Waals surface area contributed by atoms with Gasteiger partial charge in [-0.1, -0.05) is 12.1 Å². The second kappa shape index (κ2) is 5.30. The third-order valence-corrected chi connectivity index (χ3v) is 4.39. The van der Waals surface area contributed by atoms with E-state index in [2.05, 4.69) is 30.0 Å². The molecule has 1 aromatic carbocycles. The molecule has 1 saturated carbocycles. The van der Waals surface area contributed by atoms with Crippen LogP contribution in [0.5, 0.6) is 0 Å². The Kier molecular flexibility index (Phi) is 2.97. The first-order chi connectivity index (χ1) is 11.9. The van der Waals surface area contributed by atoms with E-state index in [4.69, 9.17) is 4.42 Å². The van der Waals surface area contributed by atoms with E-state index in [0.29, 0.717) is 24.0 Å². The van der Waals surface area contributed by atoms with Crippen molar-refractivity contribution in [3.63, 3.8) is 0 Å². The highest BCUT2D eigenvalue weighted by Crippen LogP contribution is 2.35. The normalized spacial score (nSPS) is 14.5. The number of rotatable bonds is 5. The SMILES string of the molecule is c1ccc2c(c1)oc1c(NCCc3nncn3C3CC3)ncnc12. The molecule has 0 bridgehead atoms. The minimum absolute atomic E-state index is 0.594. The molecule has 5 rings (SSSR count). The Morgan fingerprint density at radius 1 is 1.21 bits per heavy atom. The van der Waals surface area contributed by atoms with Gasteiger partial charge in [0, 0.05) is 24.4 Å². The van der Waals surface area contributed by atoms with Crippen molar-refractivity contribution in [3.8, 4) is 0 Å². The molecule has 0 spiro atoms. The fourth-order valence-electron chi connectivity index (χ4n) is 3.05. The van der Waals surface area contributed by atoms with Crippen LogP contribution in [0.1, 0.15) is 24.7 Å². The number of anilines is 1. The zero-order valence-corrected chi connectivity index (χ0v) is 13.0. The van der Waals surface area contributed by atoms with Crippen LogP contribution in [-0.2, 0) is 6.42 Å². The minimum Gasteiger partial charge on any atom is -0.450 e. The van der Waals surface area contributed by atoms with Crippen molar-refractivity contribution in [3.05, 3.63) is 42.7 Å². The van der Waals surface area contributed by atoms with Crippen LogP contribution < -0.4 is 5.32 Å². The topological polar surface area (TPSA) is 81.7 Å². The van der Waals surface area contributed by atoms with E-state index in [1.54, 1.807) is 6.33 Å². The first-order valence-electron chi connectivity index (χ1n) is 8.14. The number of hydrogen-bond acceptors (Lipinski definition) is 6. The third-order valence-electron chi connectivity index (χ3n) is 4.39. The molecule has 0 unspecified atom stereocenters. The highest BCUT2D eigenvalue weighted by atomic mass is 16.3. The Morgan fingerprint density at radius 2 is 2.12 bits per heavy atom. The van der Waals surface area contributed by atoms with Gasteiger partial charge in [0.05, 0.1) is 0 Å². The summed E-state index contributed by atoms with van der Waals surface area (Å²) in [5, 5.41) is 12.6. The summed E-state index contributed by atoms with van der Waals surface area (Å²) in [4.78, 5) is 8.69. The van der Waals surface area contributed by atoms with Gasteiger partial charge in [0.15, 0.2) is 11.4 Å². The van der Waals surface area contributed by atoms with Crippen LogP contribution in [0.15, 0.2) is 41.3 Å². The average Bonchev–Trinajstić information content (AvgIpc) is 3.22. The molecule has 0 atom stereocenters. The van der Waals surface area contributed by atoms with Crippen LogP contribution in [0.25, 0.3) is 22.1 Å². The maximum absolute atomic E-state index is 5.92. The summed E-state index contributed by atoms with van der Waals surface area (Å²) in [6.45, 7) is 0.717. The molecule has 1 N–H and O–H groups in total. The van der Waals surface area contributed by atoms with Crippen LogP contribution in [-0.4, -0.2) is 31.3 Å². The van der Waals surface area contributed by atoms with Crippen molar-refractivity contribution >= 4 is 27.9 Å². The third kappa shape index (κ3) is 2.20. The van der Waals surface area contributed by atoms with Gasteiger partial charge in [0.1, 0.15) is 29.6 Å². The number of para-hydroxylation sites is 1. The highest BCUT2D eigenvalue weighted by Gasteiger charge is 2.25. The van der Waals surface area contributed by atoms with Gasteiger partial charge in [-0.25, -0.2) is 9.97 Å². The second-order valence-corrected chi connectivity index (χ2v) is 6.06. The fourth-order valence-corrected chi connectivity index (χ4v) is 3.05. The lowest BCUT2D eigenvalue weighted by molar-refractivity contribution is 0.664. The van der Waals surface area contributed by atoms with Gasteiger partial charge in [-0.15, -0.1) is 10.2 Å². The minimum atomic E-state index is 0.594. The quantitative estimate of drug-likeness (QED) is 0.609. The summed E-state index contributed by atoms with van der Waals surface area (Å²) in [6.07, 6.45) is 6.64. The van der Waals surface area contributed by atoms with E-state index >= 15 is 0 Å². The molecule has 1 fully saturated rings. The van der Waals surface area contributed by atoms with E-state index in [0.717, 1.165) is 28.7 Å². The van der Waals surface area contributed by atoms with Gasteiger partial charge in [-0.05, 0) is 25.0 Å². The Hall–Kier alpha value is -2.96. The first kappa shape index (κ1) is 13.5. The van der Waals surface area contributed by atoms with Gasteiger partial charge < -0.3 is 14.3 Å². The Morgan fingerprint density at radius 3 is 3.04 bits per heavy atom. The Labute approximate surface area is 137 Å². The number of aromatic nitrogens is 5. The number of nitrogens with zero attached hydrogens (tertiary/aromatic N) is 5. The molecule has 4 aromatic rings. The number of benzene rings is 1. The van der Waals surface area contributed by atoms with Crippen molar-refractivity contribution in [2.45, 2.75) is 25.3 Å². The second-order valence-electron chi connectivity index (χ2n) is 6.06. The van der Waals surface area contributed by atoms with Crippen LogP contribution >= 0.6 is 0 Å². The van der Waals surface area contributed by atoms with Crippen molar-refractivity contribution in [2.24, 2.45) is 0 Å². The summed E-state index contributed by atoms with van der Waals surface area (Å²) in [5.41, 5.74) is 2.36. The van der Waals surface area contributed by atoms with Gasteiger partial charge in [-0.2, -0.15) is 0 Å². The molecule has 7 nitrogen and oxygen atoms in total. The summed E-state index contributed by atoms with van der Waals surface area (Å²) in [5.74, 6) is 1.73. The smallest absolute Gasteiger partial charge is 0.196 e. The molecular formula is C17H16N6O. The first-order valence-corrected chi connectivity index (χ1v) is 8.14. The number of nitrogens with one attached hydrogen (secondary N) is 1. The summed E-state index contributed by atoms with van der Waals surface area (Å²) >= 11 is 0. The van der Waals surface area contributed by atoms with Crippen molar-refractivity contribution in [2.75, 3.05) is 11.9 Å².